The van der Waals surface area contributed by atoms with Crippen molar-refractivity contribution in [3.05, 3.63) is 0 Å². The van der Waals surface area contributed by atoms with Gasteiger partial charge in [-0.15, -0.1) is 0 Å². The van der Waals surface area contributed by atoms with E-state index in [1.165, 1.54) is 0 Å². The second-order valence-corrected chi connectivity index (χ2v) is 4.05. The van der Waals surface area contributed by atoms with Crippen LogP contribution in [0.5, 0.6) is 0 Å². The highest BCUT2D eigenvalue weighted by Crippen LogP contribution is 1.93. The summed E-state index contributed by atoms with van der Waals surface area (Å²) >= 11 is 0. The third-order valence-corrected chi connectivity index (χ3v) is 1.71. The van der Waals surface area contributed by atoms with Crippen LogP contribution in [0.1, 0.15) is 34.6 Å². The molecule has 0 bridgehead atoms. The van der Waals surface area contributed by atoms with E-state index in [0.29, 0.717) is 0 Å². The standard InChI is InChI=1S/C10H20N2O2/c1-6(2)9(13)12-8(5)10(14)11-7(3)4/h6-8H,1-5H3,(H,11,14)(H,12,13)/t8-/m0/s1. The predicted molar refractivity (Wildman–Crippen MR) is 55.7 cm³/mol. The van der Waals surface area contributed by atoms with Gasteiger partial charge in [-0.3, -0.25) is 9.59 Å². The maximum Gasteiger partial charge on any atom is 0.242 e. The van der Waals surface area contributed by atoms with Crippen molar-refractivity contribution < 1.29 is 9.59 Å². The Labute approximate surface area is 85.4 Å². The van der Waals surface area contributed by atoms with Crippen molar-refractivity contribution in [3.8, 4) is 0 Å². The van der Waals surface area contributed by atoms with Gasteiger partial charge in [0.15, 0.2) is 0 Å². The summed E-state index contributed by atoms with van der Waals surface area (Å²) in [7, 11) is 0. The summed E-state index contributed by atoms with van der Waals surface area (Å²) in [6, 6.07) is -0.367. The van der Waals surface area contributed by atoms with Crippen LogP contribution in [-0.4, -0.2) is 23.9 Å². The third kappa shape index (κ3) is 4.84. The molecule has 14 heavy (non-hydrogen) atoms. The summed E-state index contributed by atoms with van der Waals surface area (Å²) < 4.78 is 0. The first-order valence-electron chi connectivity index (χ1n) is 4.95. The summed E-state index contributed by atoms with van der Waals surface area (Å²) in [4.78, 5) is 22.6. The van der Waals surface area contributed by atoms with Crippen molar-refractivity contribution >= 4 is 11.8 Å². The zero-order valence-corrected chi connectivity index (χ0v) is 9.55. The SMILES string of the molecule is CC(C)NC(=O)[C@H](C)NC(=O)C(C)C. The first-order valence-corrected chi connectivity index (χ1v) is 4.95. The topological polar surface area (TPSA) is 58.2 Å². The average molecular weight is 200 g/mol. The van der Waals surface area contributed by atoms with Crippen molar-refractivity contribution in [3.63, 3.8) is 0 Å². The predicted octanol–water partition coefficient (Wildman–Crippen LogP) is 0.672. The summed E-state index contributed by atoms with van der Waals surface area (Å²) in [5.74, 6) is -0.338. The van der Waals surface area contributed by atoms with Crippen LogP contribution >= 0.6 is 0 Å². The molecule has 0 radical (unpaired) electrons. The molecule has 0 aromatic carbocycles. The first-order chi connectivity index (χ1) is 6.34. The van der Waals surface area contributed by atoms with E-state index < -0.39 is 6.04 Å². The van der Waals surface area contributed by atoms with Crippen molar-refractivity contribution in [2.45, 2.75) is 46.7 Å². The van der Waals surface area contributed by atoms with Crippen LogP contribution < -0.4 is 10.6 Å². The van der Waals surface area contributed by atoms with E-state index in [-0.39, 0.29) is 23.8 Å². The van der Waals surface area contributed by atoms with Crippen LogP contribution in [0.3, 0.4) is 0 Å². The van der Waals surface area contributed by atoms with E-state index >= 15 is 0 Å². The van der Waals surface area contributed by atoms with Gasteiger partial charge in [-0.1, -0.05) is 13.8 Å². The van der Waals surface area contributed by atoms with Gasteiger partial charge in [-0.2, -0.15) is 0 Å². The lowest BCUT2D eigenvalue weighted by atomic mass is 10.2. The van der Waals surface area contributed by atoms with Gasteiger partial charge in [0.05, 0.1) is 0 Å². The number of rotatable bonds is 4. The van der Waals surface area contributed by atoms with E-state index in [4.69, 9.17) is 0 Å². The quantitative estimate of drug-likeness (QED) is 0.701. The molecule has 0 spiro atoms. The number of amides is 2. The van der Waals surface area contributed by atoms with Crippen LogP contribution in [0.25, 0.3) is 0 Å². The summed E-state index contributed by atoms with van der Waals surface area (Å²) in [6.07, 6.45) is 0. The lowest BCUT2D eigenvalue weighted by Gasteiger charge is -2.17. The van der Waals surface area contributed by atoms with Gasteiger partial charge >= 0.3 is 0 Å². The van der Waals surface area contributed by atoms with E-state index in [1.807, 2.05) is 13.8 Å². The van der Waals surface area contributed by atoms with Crippen LogP contribution in [0.4, 0.5) is 0 Å². The molecule has 1 atom stereocenters. The second-order valence-electron chi connectivity index (χ2n) is 4.05. The van der Waals surface area contributed by atoms with Crippen molar-refractivity contribution in [1.82, 2.24) is 10.6 Å². The number of carbonyl (C=O) groups is 2. The Hall–Kier alpha value is -1.06. The van der Waals surface area contributed by atoms with Crippen molar-refractivity contribution in [2.24, 2.45) is 5.92 Å². The number of carbonyl (C=O) groups excluding carboxylic acids is 2. The number of hydrogen-bond acceptors (Lipinski definition) is 2. The van der Waals surface area contributed by atoms with Gasteiger partial charge in [-0.25, -0.2) is 0 Å². The maximum absolute atomic E-state index is 11.4. The minimum atomic E-state index is -0.465. The van der Waals surface area contributed by atoms with Gasteiger partial charge in [-0.05, 0) is 20.8 Å². The van der Waals surface area contributed by atoms with Gasteiger partial charge in [0.2, 0.25) is 11.8 Å². The maximum atomic E-state index is 11.4. The van der Waals surface area contributed by atoms with Gasteiger partial charge in [0.25, 0.3) is 0 Å². The van der Waals surface area contributed by atoms with Gasteiger partial charge < -0.3 is 10.6 Å². The number of nitrogens with one attached hydrogen (secondary N) is 2. The molecular formula is C10H20N2O2. The van der Waals surface area contributed by atoms with E-state index in [2.05, 4.69) is 10.6 Å². The largest absolute Gasteiger partial charge is 0.352 e. The molecule has 0 aliphatic carbocycles. The molecule has 0 saturated carbocycles. The Kier molecular flexibility index (Phi) is 5.20. The highest BCUT2D eigenvalue weighted by molar-refractivity contribution is 5.87. The van der Waals surface area contributed by atoms with E-state index in [9.17, 15) is 9.59 Å². The molecule has 0 heterocycles. The van der Waals surface area contributed by atoms with Crippen molar-refractivity contribution in [1.29, 1.82) is 0 Å². The fourth-order valence-electron chi connectivity index (χ4n) is 0.855. The summed E-state index contributed by atoms with van der Waals surface area (Å²) in [6.45, 7) is 9.03. The highest BCUT2D eigenvalue weighted by Gasteiger charge is 2.17. The highest BCUT2D eigenvalue weighted by atomic mass is 16.2. The monoisotopic (exact) mass is 200 g/mol. The molecule has 0 aliphatic rings. The fourth-order valence-corrected chi connectivity index (χ4v) is 0.855. The molecule has 0 aromatic heterocycles. The smallest absolute Gasteiger partial charge is 0.242 e. The molecule has 0 unspecified atom stereocenters. The zero-order chi connectivity index (χ0) is 11.3. The Balaban J connectivity index is 4.01. The van der Waals surface area contributed by atoms with E-state index in [1.54, 1.807) is 20.8 Å². The Bertz CT molecular complexity index is 212. The molecule has 0 saturated heterocycles. The molecule has 4 nitrogen and oxygen atoms in total. The lowest BCUT2D eigenvalue weighted by molar-refractivity contribution is -0.130. The molecule has 0 rings (SSSR count). The molecule has 0 aromatic rings. The number of hydrogen-bond donors (Lipinski definition) is 2. The van der Waals surface area contributed by atoms with E-state index in [0.717, 1.165) is 0 Å². The van der Waals surface area contributed by atoms with Crippen LogP contribution in [0.2, 0.25) is 0 Å². The van der Waals surface area contributed by atoms with Gasteiger partial charge in [0.1, 0.15) is 6.04 Å². The molecule has 4 heteroatoms. The molecular weight excluding hydrogens is 180 g/mol. The minimum absolute atomic E-state index is 0.0932. The van der Waals surface area contributed by atoms with Crippen LogP contribution in [0.15, 0.2) is 0 Å². The Morgan fingerprint density at radius 1 is 0.857 bits per heavy atom. The fraction of sp³-hybridized carbons (Fsp3) is 0.800. The molecule has 2 amide bonds. The Morgan fingerprint density at radius 2 is 1.36 bits per heavy atom. The molecule has 82 valence electrons. The minimum Gasteiger partial charge on any atom is -0.352 e. The molecule has 2 N–H and O–H groups in total. The first kappa shape index (κ1) is 12.9. The molecule has 0 aliphatic heterocycles. The normalized spacial score (nSPS) is 12.8. The second kappa shape index (κ2) is 5.62. The van der Waals surface area contributed by atoms with Crippen molar-refractivity contribution in [2.75, 3.05) is 0 Å². The zero-order valence-electron chi connectivity index (χ0n) is 9.55. The lowest BCUT2D eigenvalue weighted by Crippen LogP contribution is -2.47. The average Bonchev–Trinajstić information content (AvgIpc) is 2.02. The summed E-state index contributed by atoms with van der Waals surface area (Å²) in [5, 5.41) is 5.37. The van der Waals surface area contributed by atoms with Crippen LogP contribution in [-0.2, 0) is 9.59 Å². The summed E-state index contributed by atoms with van der Waals surface area (Å²) in [5.41, 5.74) is 0. The van der Waals surface area contributed by atoms with Crippen LogP contribution in [0, 0.1) is 5.92 Å². The van der Waals surface area contributed by atoms with Gasteiger partial charge in [0, 0.05) is 12.0 Å². The Morgan fingerprint density at radius 3 is 1.71 bits per heavy atom. The molecule has 0 fully saturated rings. The third-order valence-electron chi connectivity index (χ3n) is 1.71.